The van der Waals surface area contributed by atoms with E-state index in [-0.39, 0.29) is 11.7 Å². The van der Waals surface area contributed by atoms with Crippen LogP contribution in [0.25, 0.3) is 11.1 Å². The summed E-state index contributed by atoms with van der Waals surface area (Å²) in [6, 6.07) is 12.5. The molecule has 0 heterocycles. The highest BCUT2D eigenvalue weighted by atomic mass is 16.1. The minimum Gasteiger partial charge on any atom is -0.318 e. The molecule has 2 aliphatic carbocycles. The average Bonchev–Trinajstić information content (AvgIpc) is 2.83. The molecular formula is C18H17NO. The van der Waals surface area contributed by atoms with Gasteiger partial charge in [0.15, 0.2) is 5.78 Å². The Morgan fingerprint density at radius 2 is 1.85 bits per heavy atom. The van der Waals surface area contributed by atoms with Crippen LogP contribution in [0.3, 0.4) is 0 Å². The van der Waals surface area contributed by atoms with Gasteiger partial charge in [-0.3, -0.25) is 4.79 Å². The first kappa shape index (κ1) is 11.9. The third kappa shape index (κ3) is 1.30. The van der Waals surface area contributed by atoms with E-state index in [4.69, 9.17) is 5.73 Å². The molecule has 0 saturated carbocycles. The van der Waals surface area contributed by atoms with Gasteiger partial charge < -0.3 is 5.73 Å². The first-order valence-electron chi connectivity index (χ1n) is 7.10. The summed E-state index contributed by atoms with van der Waals surface area (Å²) in [7, 11) is 0. The van der Waals surface area contributed by atoms with Gasteiger partial charge in [-0.2, -0.15) is 0 Å². The monoisotopic (exact) mass is 263 g/mol. The zero-order chi connectivity index (χ0) is 14.1. The van der Waals surface area contributed by atoms with Crippen LogP contribution >= 0.6 is 0 Å². The molecule has 0 aliphatic heterocycles. The average molecular weight is 263 g/mol. The van der Waals surface area contributed by atoms with Crippen molar-refractivity contribution in [2.75, 3.05) is 0 Å². The number of rotatable bonds is 0. The molecule has 4 rings (SSSR count). The molecule has 0 aromatic heterocycles. The van der Waals surface area contributed by atoms with Crippen molar-refractivity contribution in [1.82, 2.24) is 0 Å². The van der Waals surface area contributed by atoms with Crippen LogP contribution in [-0.4, -0.2) is 5.78 Å². The number of benzene rings is 2. The summed E-state index contributed by atoms with van der Waals surface area (Å²) >= 11 is 0. The van der Waals surface area contributed by atoms with Gasteiger partial charge in [0.1, 0.15) is 0 Å². The lowest BCUT2D eigenvalue weighted by Gasteiger charge is -2.21. The Balaban J connectivity index is 2.04. The van der Waals surface area contributed by atoms with Crippen molar-refractivity contribution in [1.29, 1.82) is 0 Å². The van der Waals surface area contributed by atoms with Crippen LogP contribution in [0.15, 0.2) is 36.4 Å². The molecule has 0 fully saturated rings. The predicted octanol–water partition coefficient (Wildman–Crippen LogP) is 3.26. The summed E-state index contributed by atoms with van der Waals surface area (Å²) in [5.41, 5.74) is 12.8. The second-order valence-electron chi connectivity index (χ2n) is 6.27. The summed E-state index contributed by atoms with van der Waals surface area (Å²) in [5, 5.41) is 0. The standard InChI is InChI=1S/C18H17NO/c1-10-7-11-8-14-12-5-3-4-6-15(12)18(2,19)16(14)9-13(11)17(10)20/h3-6,8-10H,7,19H2,1-2H3. The minimum atomic E-state index is -0.507. The van der Waals surface area contributed by atoms with Gasteiger partial charge in [-0.15, -0.1) is 0 Å². The van der Waals surface area contributed by atoms with E-state index in [0.29, 0.717) is 0 Å². The SMILES string of the molecule is CC1Cc2cc3c(cc2C1=O)C(C)(N)c1ccccc1-3. The van der Waals surface area contributed by atoms with E-state index in [9.17, 15) is 4.79 Å². The largest absolute Gasteiger partial charge is 0.318 e. The first-order valence-corrected chi connectivity index (χ1v) is 7.10. The Hall–Kier alpha value is -1.93. The van der Waals surface area contributed by atoms with E-state index in [2.05, 4.69) is 18.2 Å². The fourth-order valence-electron chi connectivity index (χ4n) is 3.70. The molecule has 2 heteroatoms. The molecule has 2 unspecified atom stereocenters. The molecule has 2 N–H and O–H groups in total. The summed E-state index contributed by atoms with van der Waals surface area (Å²) in [4.78, 5) is 12.2. The van der Waals surface area contributed by atoms with Gasteiger partial charge in [0.2, 0.25) is 0 Å². The molecule has 2 aromatic carbocycles. The van der Waals surface area contributed by atoms with Crippen LogP contribution in [-0.2, 0) is 12.0 Å². The number of fused-ring (bicyclic) bond motifs is 4. The van der Waals surface area contributed by atoms with E-state index < -0.39 is 5.54 Å². The van der Waals surface area contributed by atoms with Crippen LogP contribution < -0.4 is 5.73 Å². The predicted molar refractivity (Wildman–Crippen MR) is 79.7 cm³/mol. The Morgan fingerprint density at radius 3 is 2.65 bits per heavy atom. The van der Waals surface area contributed by atoms with E-state index >= 15 is 0 Å². The fraction of sp³-hybridized carbons (Fsp3) is 0.278. The molecule has 20 heavy (non-hydrogen) atoms. The second kappa shape index (κ2) is 3.58. The Labute approximate surface area is 118 Å². The van der Waals surface area contributed by atoms with Crippen LogP contribution in [0.4, 0.5) is 0 Å². The van der Waals surface area contributed by atoms with E-state index in [1.807, 2.05) is 32.0 Å². The molecule has 0 saturated heterocycles. The zero-order valence-electron chi connectivity index (χ0n) is 11.7. The maximum absolute atomic E-state index is 12.2. The lowest BCUT2D eigenvalue weighted by molar-refractivity contribution is 0.0946. The van der Waals surface area contributed by atoms with E-state index in [0.717, 1.165) is 23.1 Å². The maximum atomic E-state index is 12.2. The van der Waals surface area contributed by atoms with Crippen LogP contribution in [0.1, 0.15) is 40.9 Å². The third-order valence-corrected chi connectivity index (χ3v) is 4.82. The quantitative estimate of drug-likeness (QED) is 0.792. The van der Waals surface area contributed by atoms with Gasteiger partial charge in [-0.1, -0.05) is 37.3 Å². The van der Waals surface area contributed by atoms with Crippen molar-refractivity contribution >= 4 is 5.78 Å². The summed E-state index contributed by atoms with van der Waals surface area (Å²) in [6.07, 6.45) is 0.852. The van der Waals surface area contributed by atoms with Gasteiger partial charge in [-0.05, 0) is 47.2 Å². The lowest BCUT2D eigenvalue weighted by Crippen LogP contribution is -2.32. The highest BCUT2D eigenvalue weighted by Crippen LogP contribution is 2.47. The fourth-order valence-corrected chi connectivity index (χ4v) is 3.70. The number of ketones is 1. The molecule has 2 atom stereocenters. The van der Waals surface area contributed by atoms with Crippen molar-refractivity contribution in [2.24, 2.45) is 11.7 Å². The Morgan fingerprint density at radius 1 is 1.10 bits per heavy atom. The second-order valence-corrected chi connectivity index (χ2v) is 6.27. The van der Waals surface area contributed by atoms with Gasteiger partial charge in [-0.25, -0.2) is 0 Å². The number of carbonyl (C=O) groups excluding carboxylic acids is 1. The Kier molecular flexibility index (Phi) is 2.13. The van der Waals surface area contributed by atoms with Gasteiger partial charge in [0.25, 0.3) is 0 Å². The topological polar surface area (TPSA) is 43.1 Å². The summed E-state index contributed by atoms with van der Waals surface area (Å²) < 4.78 is 0. The molecule has 2 aliphatic rings. The van der Waals surface area contributed by atoms with Crippen LogP contribution in [0.2, 0.25) is 0 Å². The van der Waals surface area contributed by atoms with E-state index in [1.54, 1.807) is 0 Å². The lowest BCUT2D eigenvalue weighted by atomic mass is 9.89. The molecule has 2 nitrogen and oxygen atoms in total. The van der Waals surface area contributed by atoms with Gasteiger partial charge in [0.05, 0.1) is 5.54 Å². The number of nitrogens with two attached hydrogens (primary N) is 1. The van der Waals surface area contributed by atoms with Crippen LogP contribution in [0.5, 0.6) is 0 Å². The van der Waals surface area contributed by atoms with Crippen molar-refractivity contribution in [2.45, 2.75) is 25.8 Å². The highest BCUT2D eigenvalue weighted by molar-refractivity contribution is 6.03. The molecule has 100 valence electrons. The first-order chi connectivity index (χ1) is 9.50. The zero-order valence-corrected chi connectivity index (χ0v) is 11.7. The highest BCUT2D eigenvalue weighted by Gasteiger charge is 2.38. The molecule has 2 aromatic rings. The summed E-state index contributed by atoms with van der Waals surface area (Å²) in [6.45, 7) is 4.04. The van der Waals surface area contributed by atoms with Crippen molar-refractivity contribution in [3.05, 3.63) is 58.7 Å². The van der Waals surface area contributed by atoms with Crippen LogP contribution in [0, 0.1) is 5.92 Å². The smallest absolute Gasteiger partial charge is 0.166 e. The van der Waals surface area contributed by atoms with Gasteiger partial charge in [0, 0.05) is 11.5 Å². The molecule has 0 spiro atoms. The molecule has 0 amide bonds. The number of Topliss-reactive ketones (excluding diaryl/α,β-unsaturated/α-hetero) is 1. The van der Waals surface area contributed by atoms with Crippen molar-refractivity contribution < 1.29 is 4.79 Å². The van der Waals surface area contributed by atoms with Gasteiger partial charge >= 0.3 is 0 Å². The van der Waals surface area contributed by atoms with Crippen molar-refractivity contribution in [3.63, 3.8) is 0 Å². The van der Waals surface area contributed by atoms with E-state index in [1.165, 1.54) is 16.7 Å². The summed E-state index contributed by atoms with van der Waals surface area (Å²) in [5.74, 6) is 0.362. The molecule has 0 bridgehead atoms. The van der Waals surface area contributed by atoms with Crippen molar-refractivity contribution in [3.8, 4) is 11.1 Å². The number of hydrogen-bond acceptors (Lipinski definition) is 2. The molecular weight excluding hydrogens is 246 g/mol. The third-order valence-electron chi connectivity index (χ3n) is 4.82. The molecule has 0 radical (unpaired) electrons. The number of carbonyl (C=O) groups is 1. The normalized spacial score (nSPS) is 26.4. The number of hydrogen-bond donors (Lipinski definition) is 1. The Bertz CT molecular complexity index is 758. The maximum Gasteiger partial charge on any atom is 0.166 e. The minimum absolute atomic E-state index is 0.104.